The summed E-state index contributed by atoms with van der Waals surface area (Å²) < 4.78 is 0. The Bertz CT molecular complexity index is 374. The molecule has 0 aliphatic carbocycles. The molecule has 0 saturated carbocycles. The first-order valence-electron chi connectivity index (χ1n) is 6.08. The number of carbonyl (C=O) groups is 1. The van der Waals surface area contributed by atoms with Crippen LogP contribution in [-0.4, -0.2) is 18.5 Å². The van der Waals surface area contributed by atoms with Gasteiger partial charge in [0.15, 0.2) is 0 Å². The summed E-state index contributed by atoms with van der Waals surface area (Å²) in [6.45, 7) is 6.63. The summed E-state index contributed by atoms with van der Waals surface area (Å²) in [5, 5.41) is 2.97. The van der Waals surface area contributed by atoms with E-state index in [1.165, 1.54) is 5.56 Å². The van der Waals surface area contributed by atoms with E-state index in [1.54, 1.807) is 0 Å². The van der Waals surface area contributed by atoms with Gasteiger partial charge < -0.3 is 11.1 Å². The zero-order chi connectivity index (χ0) is 12.8. The van der Waals surface area contributed by atoms with Crippen LogP contribution in [0.1, 0.15) is 25.0 Å². The van der Waals surface area contributed by atoms with Crippen LogP contribution in [0.3, 0.4) is 0 Å². The van der Waals surface area contributed by atoms with Crippen LogP contribution < -0.4 is 11.1 Å². The van der Waals surface area contributed by atoms with Gasteiger partial charge in [0, 0.05) is 12.6 Å². The van der Waals surface area contributed by atoms with Gasteiger partial charge in [-0.25, -0.2) is 0 Å². The summed E-state index contributed by atoms with van der Waals surface area (Å²) >= 11 is 0. The van der Waals surface area contributed by atoms with Crippen LogP contribution in [0.25, 0.3) is 0 Å². The third-order valence-corrected chi connectivity index (χ3v) is 2.85. The molecule has 3 N–H and O–H groups in total. The average Bonchev–Trinajstić information content (AvgIpc) is 2.25. The number of hydrogen-bond acceptors (Lipinski definition) is 2. The molecule has 3 nitrogen and oxygen atoms in total. The normalized spacial score (nSPS) is 12.5. The second-order valence-electron chi connectivity index (χ2n) is 4.82. The second kappa shape index (κ2) is 6.40. The first kappa shape index (κ1) is 13.7. The maximum Gasteiger partial charge on any atom is 0.224 e. The van der Waals surface area contributed by atoms with E-state index in [2.05, 4.69) is 19.2 Å². The van der Waals surface area contributed by atoms with Gasteiger partial charge >= 0.3 is 0 Å². The smallest absolute Gasteiger partial charge is 0.224 e. The van der Waals surface area contributed by atoms with Gasteiger partial charge in [-0.2, -0.15) is 0 Å². The minimum atomic E-state index is 0.0414. The molecular formula is C14H22N2O. The number of nitrogens with one attached hydrogen (secondary N) is 1. The number of hydrogen-bond donors (Lipinski definition) is 2. The summed E-state index contributed by atoms with van der Waals surface area (Å²) in [4.78, 5) is 11.8. The molecule has 0 radical (unpaired) electrons. The van der Waals surface area contributed by atoms with E-state index in [-0.39, 0.29) is 11.9 Å². The van der Waals surface area contributed by atoms with Crippen LogP contribution >= 0.6 is 0 Å². The van der Waals surface area contributed by atoms with Crippen molar-refractivity contribution in [2.75, 3.05) is 6.54 Å². The summed E-state index contributed by atoms with van der Waals surface area (Å²) in [6.07, 6.45) is 0.422. The van der Waals surface area contributed by atoms with Gasteiger partial charge in [-0.05, 0) is 18.4 Å². The Kier molecular flexibility index (Phi) is 5.16. The van der Waals surface area contributed by atoms with Crippen molar-refractivity contribution in [1.82, 2.24) is 5.32 Å². The molecule has 3 heteroatoms. The van der Waals surface area contributed by atoms with E-state index in [4.69, 9.17) is 5.73 Å². The molecule has 0 saturated heterocycles. The van der Waals surface area contributed by atoms with Gasteiger partial charge in [0.1, 0.15) is 0 Å². The number of carbonyl (C=O) groups excluding carboxylic acids is 1. The highest BCUT2D eigenvalue weighted by molar-refractivity contribution is 5.78. The van der Waals surface area contributed by atoms with Crippen LogP contribution in [0, 0.1) is 12.8 Å². The Labute approximate surface area is 103 Å². The Hall–Kier alpha value is -1.35. The maximum atomic E-state index is 11.8. The molecular weight excluding hydrogens is 212 g/mol. The van der Waals surface area contributed by atoms with Crippen LogP contribution in [0.15, 0.2) is 24.3 Å². The van der Waals surface area contributed by atoms with Crippen molar-refractivity contribution in [2.24, 2.45) is 11.7 Å². The molecule has 0 aromatic heterocycles. The van der Waals surface area contributed by atoms with E-state index in [0.29, 0.717) is 18.9 Å². The monoisotopic (exact) mass is 234 g/mol. The van der Waals surface area contributed by atoms with Crippen LogP contribution in [-0.2, 0) is 11.2 Å². The van der Waals surface area contributed by atoms with Gasteiger partial charge in [-0.3, -0.25) is 4.79 Å². The van der Waals surface area contributed by atoms with Crippen LogP contribution in [0.5, 0.6) is 0 Å². The lowest BCUT2D eigenvalue weighted by Gasteiger charge is -2.20. The van der Waals surface area contributed by atoms with Gasteiger partial charge in [0.05, 0.1) is 6.42 Å². The van der Waals surface area contributed by atoms with Gasteiger partial charge in [-0.15, -0.1) is 0 Å². The fraction of sp³-hybridized carbons (Fsp3) is 0.500. The van der Waals surface area contributed by atoms with Crippen molar-refractivity contribution in [3.05, 3.63) is 35.4 Å². The zero-order valence-corrected chi connectivity index (χ0v) is 10.9. The van der Waals surface area contributed by atoms with Crippen molar-refractivity contribution < 1.29 is 4.79 Å². The molecule has 94 valence electrons. The van der Waals surface area contributed by atoms with Crippen LogP contribution in [0.4, 0.5) is 0 Å². The standard InChI is InChI=1S/C14H22N2O/c1-10(2)13(9-15)16-14(17)8-12-6-4-5-11(3)7-12/h4-7,10,13H,8-9,15H2,1-3H3,(H,16,17). The number of benzene rings is 1. The fourth-order valence-electron chi connectivity index (χ4n) is 1.76. The quantitative estimate of drug-likeness (QED) is 0.813. The van der Waals surface area contributed by atoms with Crippen molar-refractivity contribution in [1.29, 1.82) is 0 Å². The number of rotatable bonds is 5. The highest BCUT2D eigenvalue weighted by Crippen LogP contribution is 2.06. The summed E-state index contributed by atoms with van der Waals surface area (Å²) in [7, 11) is 0. The first-order valence-corrected chi connectivity index (χ1v) is 6.08. The molecule has 0 fully saturated rings. The maximum absolute atomic E-state index is 11.8. The van der Waals surface area contributed by atoms with Gasteiger partial charge in [0.25, 0.3) is 0 Å². The fourth-order valence-corrected chi connectivity index (χ4v) is 1.76. The van der Waals surface area contributed by atoms with Gasteiger partial charge in [-0.1, -0.05) is 43.7 Å². The molecule has 17 heavy (non-hydrogen) atoms. The molecule has 0 heterocycles. The molecule has 1 atom stereocenters. The molecule has 1 amide bonds. The lowest BCUT2D eigenvalue weighted by molar-refractivity contribution is -0.121. The predicted octanol–water partition coefficient (Wildman–Crippen LogP) is 1.64. The number of amides is 1. The summed E-state index contributed by atoms with van der Waals surface area (Å²) in [5.74, 6) is 0.404. The third-order valence-electron chi connectivity index (χ3n) is 2.85. The number of nitrogens with two attached hydrogens (primary N) is 1. The second-order valence-corrected chi connectivity index (χ2v) is 4.82. The third kappa shape index (κ3) is 4.57. The minimum Gasteiger partial charge on any atom is -0.352 e. The molecule has 1 aromatic rings. The molecule has 0 bridgehead atoms. The zero-order valence-electron chi connectivity index (χ0n) is 10.9. The van der Waals surface area contributed by atoms with Crippen molar-refractivity contribution in [3.63, 3.8) is 0 Å². The van der Waals surface area contributed by atoms with Crippen molar-refractivity contribution in [2.45, 2.75) is 33.2 Å². The Morgan fingerprint density at radius 3 is 2.65 bits per heavy atom. The van der Waals surface area contributed by atoms with Gasteiger partial charge in [0.2, 0.25) is 5.91 Å². The molecule has 0 aliphatic rings. The van der Waals surface area contributed by atoms with E-state index in [1.807, 2.05) is 31.2 Å². The largest absolute Gasteiger partial charge is 0.352 e. The van der Waals surface area contributed by atoms with E-state index in [0.717, 1.165) is 5.56 Å². The minimum absolute atomic E-state index is 0.0414. The first-order chi connectivity index (χ1) is 8.02. The molecule has 0 aliphatic heterocycles. The Morgan fingerprint density at radius 1 is 1.41 bits per heavy atom. The Balaban J connectivity index is 2.55. The van der Waals surface area contributed by atoms with Crippen LogP contribution in [0.2, 0.25) is 0 Å². The van der Waals surface area contributed by atoms with E-state index >= 15 is 0 Å². The molecule has 1 aromatic carbocycles. The van der Waals surface area contributed by atoms with Crippen molar-refractivity contribution in [3.8, 4) is 0 Å². The lowest BCUT2D eigenvalue weighted by Crippen LogP contribution is -2.44. The highest BCUT2D eigenvalue weighted by atomic mass is 16.1. The molecule has 1 rings (SSSR count). The molecule has 0 spiro atoms. The predicted molar refractivity (Wildman–Crippen MR) is 70.7 cm³/mol. The summed E-state index contributed by atoms with van der Waals surface area (Å²) in [5.41, 5.74) is 7.84. The van der Waals surface area contributed by atoms with E-state index < -0.39 is 0 Å². The SMILES string of the molecule is Cc1cccc(CC(=O)NC(CN)C(C)C)c1. The topological polar surface area (TPSA) is 55.1 Å². The van der Waals surface area contributed by atoms with Crippen molar-refractivity contribution >= 4 is 5.91 Å². The lowest BCUT2D eigenvalue weighted by atomic mass is 10.0. The summed E-state index contributed by atoms with van der Waals surface area (Å²) in [6, 6.07) is 8.07. The molecule has 1 unspecified atom stereocenters. The number of aryl methyl sites for hydroxylation is 1. The average molecular weight is 234 g/mol. The highest BCUT2D eigenvalue weighted by Gasteiger charge is 2.14. The van der Waals surface area contributed by atoms with E-state index in [9.17, 15) is 4.79 Å². The Morgan fingerprint density at radius 2 is 2.12 bits per heavy atom.